The van der Waals surface area contributed by atoms with Crippen molar-refractivity contribution in [1.29, 1.82) is 0 Å². The van der Waals surface area contributed by atoms with E-state index in [0.717, 1.165) is 0 Å². The monoisotopic (exact) mass is 292 g/mol. The third-order valence-corrected chi connectivity index (χ3v) is 5.28. The Kier molecular flexibility index (Phi) is 4.78. The highest BCUT2D eigenvalue weighted by atomic mass is 32.2. The average Bonchev–Trinajstić information content (AvgIpc) is 2.66. The largest absolute Gasteiger partial charge is 0.480 e. The van der Waals surface area contributed by atoms with E-state index in [1.807, 2.05) is 0 Å². The van der Waals surface area contributed by atoms with Crippen LogP contribution in [0.3, 0.4) is 0 Å². The summed E-state index contributed by atoms with van der Waals surface area (Å²) in [7, 11) is -2.96. The van der Waals surface area contributed by atoms with Crippen molar-refractivity contribution in [2.45, 2.75) is 32.2 Å². The number of rotatable bonds is 5. The molecule has 0 aromatic rings. The topological polar surface area (TPSA) is 113 Å². The minimum absolute atomic E-state index is 0.0806. The van der Waals surface area contributed by atoms with Gasteiger partial charge >= 0.3 is 12.0 Å². The molecule has 2 unspecified atom stereocenters. The highest BCUT2D eigenvalue weighted by molar-refractivity contribution is 7.91. The molecule has 3 N–H and O–H groups in total. The molecule has 0 saturated carbocycles. The first kappa shape index (κ1) is 15.7. The van der Waals surface area contributed by atoms with Gasteiger partial charge < -0.3 is 15.7 Å². The highest BCUT2D eigenvalue weighted by Gasteiger charge is 2.33. The molecule has 0 aromatic carbocycles. The Bertz CT molecular complexity index is 462. The molecule has 0 aliphatic carbocycles. The molecule has 0 radical (unpaired) electrons. The smallest absolute Gasteiger partial charge is 0.329 e. The molecular weight excluding hydrogens is 272 g/mol. The van der Waals surface area contributed by atoms with Crippen molar-refractivity contribution in [2.75, 3.05) is 18.1 Å². The molecule has 110 valence electrons. The first-order chi connectivity index (χ1) is 8.68. The van der Waals surface area contributed by atoms with Gasteiger partial charge in [-0.15, -0.1) is 0 Å². The minimum atomic E-state index is -2.96. The first-order valence-corrected chi connectivity index (χ1v) is 8.00. The molecule has 1 aliphatic heterocycles. The Labute approximate surface area is 112 Å². The summed E-state index contributed by atoms with van der Waals surface area (Å²) in [6.07, 6.45) is 0.792. The van der Waals surface area contributed by atoms with E-state index in [0.29, 0.717) is 6.42 Å². The summed E-state index contributed by atoms with van der Waals surface area (Å²) >= 11 is 0. The zero-order chi connectivity index (χ0) is 14.7. The second kappa shape index (κ2) is 5.77. The molecule has 8 heteroatoms. The predicted molar refractivity (Wildman–Crippen MR) is 69.6 cm³/mol. The number of carbonyl (C=O) groups is 2. The summed E-state index contributed by atoms with van der Waals surface area (Å²) in [6.45, 7) is 3.33. The lowest BCUT2D eigenvalue weighted by Crippen LogP contribution is -2.55. The molecule has 2 amide bonds. The summed E-state index contributed by atoms with van der Waals surface area (Å²) in [6, 6.07) is -0.587. The number of hydrogen-bond acceptors (Lipinski definition) is 4. The van der Waals surface area contributed by atoms with Crippen molar-refractivity contribution in [2.24, 2.45) is 5.92 Å². The van der Waals surface area contributed by atoms with Crippen molar-refractivity contribution in [3.05, 3.63) is 0 Å². The van der Waals surface area contributed by atoms with Crippen molar-refractivity contribution in [1.82, 2.24) is 10.6 Å². The number of carboxylic acid groups (broad SMARTS) is 1. The number of carbonyl (C=O) groups excluding carboxylic acids is 1. The highest BCUT2D eigenvalue weighted by Crippen LogP contribution is 2.17. The van der Waals surface area contributed by atoms with Crippen molar-refractivity contribution in [3.63, 3.8) is 0 Å². The molecule has 2 atom stereocenters. The molecule has 1 heterocycles. The molecule has 0 spiro atoms. The number of urea groups is 1. The van der Waals surface area contributed by atoms with Gasteiger partial charge in [0.15, 0.2) is 9.84 Å². The molecule has 19 heavy (non-hydrogen) atoms. The van der Waals surface area contributed by atoms with Crippen molar-refractivity contribution < 1.29 is 23.1 Å². The lowest BCUT2D eigenvalue weighted by atomic mass is 10.00. The summed E-state index contributed by atoms with van der Waals surface area (Å²) in [5.41, 5.74) is -1.31. The van der Waals surface area contributed by atoms with Crippen LogP contribution in [0.1, 0.15) is 26.7 Å². The third kappa shape index (κ3) is 4.38. The first-order valence-electron chi connectivity index (χ1n) is 6.18. The summed E-state index contributed by atoms with van der Waals surface area (Å²) in [5, 5.41) is 13.9. The predicted octanol–water partition coefficient (Wildman–Crippen LogP) is -0.0264. The van der Waals surface area contributed by atoms with Crippen LogP contribution in [0.4, 0.5) is 4.79 Å². The molecule has 0 aromatic heterocycles. The van der Waals surface area contributed by atoms with Gasteiger partial charge in [0.25, 0.3) is 0 Å². The van der Waals surface area contributed by atoms with Gasteiger partial charge in [0.05, 0.1) is 11.5 Å². The van der Waals surface area contributed by atoms with E-state index in [9.17, 15) is 18.0 Å². The minimum Gasteiger partial charge on any atom is -0.480 e. The maximum atomic E-state index is 11.6. The SMILES string of the molecule is CCC(C)(NC(=O)NCC1CCS(=O)(=O)C1)C(=O)O. The molecule has 1 aliphatic rings. The molecule has 0 bridgehead atoms. The molecular formula is C11H20N2O5S. The van der Waals surface area contributed by atoms with Crippen LogP contribution in [-0.4, -0.2) is 49.1 Å². The Balaban J connectivity index is 2.42. The van der Waals surface area contributed by atoms with Crippen LogP contribution in [0.25, 0.3) is 0 Å². The van der Waals surface area contributed by atoms with E-state index in [1.54, 1.807) is 6.92 Å². The molecule has 1 saturated heterocycles. The van der Waals surface area contributed by atoms with Crippen LogP contribution >= 0.6 is 0 Å². The second-order valence-electron chi connectivity index (χ2n) is 5.09. The molecule has 1 fully saturated rings. The number of carboxylic acids is 1. The number of hydrogen-bond donors (Lipinski definition) is 3. The van der Waals surface area contributed by atoms with Crippen LogP contribution in [0.2, 0.25) is 0 Å². The fourth-order valence-corrected chi connectivity index (χ4v) is 3.72. The van der Waals surface area contributed by atoms with Gasteiger partial charge in [0.2, 0.25) is 0 Å². The summed E-state index contributed by atoms with van der Waals surface area (Å²) in [5.74, 6) is -0.956. The molecule has 7 nitrogen and oxygen atoms in total. The van der Waals surface area contributed by atoms with Gasteiger partial charge in [0, 0.05) is 6.54 Å². The van der Waals surface area contributed by atoms with Crippen LogP contribution in [0.15, 0.2) is 0 Å². The van der Waals surface area contributed by atoms with Gasteiger partial charge in [0.1, 0.15) is 5.54 Å². The summed E-state index contributed by atoms with van der Waals surface area (Å²) < 4.78 is 22.5. The third-order valence-electron chi connectivity index (χ3n) is 3.45. The quantitative estimate of drug-likeness (QED) is 0.659. The van der Waals surface area contributed by atoms with Gasteiger partial charge in [-0.25, -0.2) is 18.0 Å². The van der Waals surface area contributed by atoms with Gasteiger partial charge in [-0.1, -0.05) is 6.92 Å². The maximum absolute atomic E-state index is 11.6. The van der Waals surface area contributed by atoms with Gasteiger partial charge in [-0.3, -0.25) is 0 Å². The number of sulfone groups is 1. The maximum Gasteiger partial charge on any atom is 0.329 e. The van der Waals surface area contributed by atoms with Crippen LogP contribution in [0.5, 0.6) is 0 Å². The van der Waals surface area contributed by atoms with Crippen LogP contribution in [0, 0.1) is 5.92 Å². The van der Waals surface area contributed by atoms with Gasteiger partial charge in [-0.2, -0.15) is 0 Å². The normalized spacial score (nSPS) is 24.4. The van der Waals surface area contributed by atoms with E-state index in [2.05, 4.69) is 10.6 Å². The number of aliphatic carboxylic acids is 1. The fraction of sp³-hybridized carbons (Fsp3) is 0.818. The number of nitrogens with one attached hydrogen (secondary N) is 2. The van der Waals surface area contributed by atoms with Crippen LogP contribution in [-0.2, 0) is 14.6 Å². The zero-order valence-electron chi connectivity index (χ0n) is 11.1. The summed E-state index contributed by atoms with van der Waals surface area (Å²) in [4.78, 5) is 22.6. The Hall–Kier alpha value is -1.31. The van der Waals surface area contributed by atoms with Crippen molar-refractivity contribution in [3.8, 4) is 0 Å². The lowest BCUT2D eigenvalue weighted by Gasteiger charge is -2.25. The van der Waals surface area contributed by atoms with E-state index >= 15 is 0 Å². The van der Waals surface area contributed by atoms with E-state index in [4.69, 9.17) is 5.11 Å². The van der Waals surface area contributed by atoms with E-state index < -0.39 is 27.4 Å². The standard InChI is InChI=1S/C11H20N2O5S/c1-3-11(2,9(14)15)13-10(16)12-6-8-4-5-19(17,18)7-8/h8H,3-7H2,1-2H3,(H,14,15)(H2,12,13,16). The van der Waals surface area contributed by atoms with Crippen molar-refractivity contribution >= 4 is 21.8 Å². The van der Waals surface area contributed by atoms with Crippen LogP contribution < -0.4 is 10.6 Å². The second-order valence-corrected chi connectivity index (χ2v) is 7.32. The Morgan fingerprint density at radius 2 is 2.05 bits per heavy atom. The Morgan fingerprint density at radius 1 is 1.42 bits per heavy atom. The average molecular weight is 292 g/mol. The molecule has 1 rings (SSSR count). The zero-order valence-corrected chi connectivity index (χ0v) is 11.9. The van der Waals surface area contributed by atoms with E-state index in [-0.39, 0.29) is 30.4 Å². The number of amides is 2. The lowest BCUT2D eigenvalue weighted by molar-refractivity contribution is -0.143. The van der Waals surface area contributed by atoms with Gasteiger partial charge in [-0.05, 0) is 25.7 Å². The Morgan fingerprint density at radius 3 is 2.47 bits per heavy atom. The fourth-order valence-electron chi connectivity index (χ4n) is 1.86. The van der Waals surface area contributed by atoms with E-state index in [1.165, 1.54) is 6.92 Å².